The van der Waals surface area contributed by atoms with Crippen LogP contribution in [0.5, 0.6) is 0 Å². The molecule has 0 amide bonds. The van der Waals surface area contributed by atoms with E-state index in [9.17, 15) is 14.7 Å². The van der Waals surface area contributed by atoms with Gasteiger partial charge in [-0.2, -0.15) is 0 Å². The van der Waals surface area contributed by atoms with Crippen molar-refractivity contribution in [3.63, 3.8) is 0 Å². The molecule has 0 rings (SSSR count). The van der Waals surface area contributed by atoms with Gasteiger partial charge in [0.05, 0.1) is 12.0 Å². The molecule has 0 aliphatic carbocycles. The first-order valence-corrected chi connectivity index (χ1v) is 16.1. The van der Waals surface area contributed by atoms with E-state index in [2.05, 4.69) is 26.0 Å². The Morgan fingerprint density at radius 3 is 1.32 bits per heavy atom. The number of ether oxygens (including phenoxy) is 2. The monoisotopic (exact) mass is 538 g/mol. The Bertz CT molecular complexity index is 568. The van der Waals surface area contributed by atoms with Crippen molar-refractivity contribution in [3.8, 4) is 0 Å². The molecule has 0 radical (unpaired) electrons. The van der Waals surface area contributed by atoms with Crippen LogP contribution in [0, 0.1) is 5.41 Å². The van der Waals surface area contributed by atoms with E-state index in [1.807, 2.05) is 6.92 Å². The predicted molar refractivity (Wildman–Crippen MR) is 159 cm³/mol. The van der Waals surface area contributed by atoms with Gasteiger partial charge in [-0.1, -0.05) is 116 Å². The highest BCUT2D eigenvalue weighted by molar-refractivity contribution is 5.69. The van der Waals surface area contributed by atoms with E-state index in [-0.39, 0.29) is 31.8 Å². The number of carbonyl (C=O) groups is 2. The molecule has 0 saturated heterocycles. The molecule has 1 atom stereocenters. The minimum absolute atomic E-state index is 0.0915. The van der Waals surface area contributed by atoms with Gasteiger partial charge in [-0.05, 0) is 44.9 Å². The standard InChI is InChI=1S/C33H62O5/c1-4-7-9-11-13-14-15-16-17-18-19-20-21-23-25-27-32(36)38-30-33(6-3,28-34)29-37-31(35)26-24-22-12-10-8-5-2/h16-17,34H,4-15,18-30H2,1-3H3. The van der Waals surface area contributed by atoms with Crippen molar-refractivity contribution in [1.82, 2.24) is 0 Å². The Kier molecular flexibility index (Phi) is 26.2. The van der Waals surface area contributed by atoms with Gasteiger partial charge >= 0.3 is 11.9 Å². The fourth-order valence-corrected chi connectivity index (χ4v) is 4.45. The first-order valence-electron chi connectivity index (χ1n) is 16.1. The third-order valence-corrected chi connectivity index (χ3v) is 7.54. The lowest BCUT2D eigenvalue weighted by molar-refractivity contribution is -0.156. The van der Waals surface area contributed by atoms with Gasteiger partial charge in [0.25, 0.3) is 0 Å². The maximum absolute atomic E-state index is 12.2. The molecular formula is C33H62O5. The van der Waals surface area contributed by atoms with E-state index in [1.165, 1.54) is 77.0 Å². The zero-order chi connectivity index (χ0) is 28.2. The van der Waals surface area contributed by atoms with E-state index in [0.29, 0.717) is 19.3 Å². The molecule has 5 heteroatoms. The molecule has 1 N–H and O–H groups in total. The molecular weight excluding hydrogens is 476 g/mol. The molecule has 0 fully saturated rings. The van der Waals surface area contributed by atoms with Crippen molar-refractivity contribution in [2.24, 2.45) is 5.41 Å². The molecule has 1 unspecified atom stereocenters. The number of esters is 2. The topological polar surface area (TPSA) is 72.8 Å². The summed E-state index contributed by atoms with van der Waals surface area (Å²) >= 11 is 0. The summed E-state index contributed by atoms with van der Waals surface area (Å²) in [7, 11) is 0. The van der Waals surface area contributed by atoms with E-state index >= 15 is 0 Å². The number of aliphatic hydroxyl groups excluding tert-OH is 1. The molecule has 0 aromatic carbocycles. The lowest BCUT2D eigenvalue weighted by Gasteiger charge is -2.29. The number of rotatable bonds is 28. The highest BCUT2D eigenvalue weighted by Crippen LogP contribution is 2.23. The summed E-state index contributed by atoms with van der Waals surface area (Å²) in [6.07, 6.45) is 28.7. The number of unbranched alkanes of at least 4 members (excludes halogenated alkanes) is 16. The van der Waals surface area contributed by atoms with Crippen molar-refractivity contribution in [3.05, 3.63) is 12.2 Å². The number of aliphatic hydroxyl groups is 1. The second kappa shape index (κ2) is 27.2. The average molecular weight is 539 g/mol. The normalized spacial score (nSPS) is 13.1. The minimum atomic E-state index is -0.713. The van der Waals surface area contributed by atoms with Gasteiger partial charge < -0.3 is 14.6 Å². The zero-order valence-corrected chi connectivity index (χ0v) is 25.4. The van der Waals surface area contributed by atoms with Gasteiger partial charge in [0.2, 0.25) is 0 Å². The van der Waals surface area contributed by atoms with E-state index in [4.69, 9.17) is 9.47 Å². The van der Waals surface area contributed by atoms with Crippen LogP contribution in [0.15, 0.2) is 12.2 Å². The van der Waals surface area contributed by atoms with Gasteiger partial charge in [-0.15, -0.1) is 0 Å². The number of allylic oxidation sites excluding steroid dienone is 2. The second-order valence-electron chi connectivity index (χ2n) is 11.2. The van der Waals surface area contributed by atoms with Gasteiger partial charge in [0.1, 0.15) is 13.2 Å². The van der Waals surface area contributed by atoms with E-state index in [0.717, 1.165) is 44.9 Å². The third-order valence-electron chi connectivity index (χ3n) is 7.54. The maximum atomic E-state index is 12.2. The highest BCUT2D eigenvalue weighted by Gasteiger charge is 2.31. The smallest absolute Gasteiger partial charge is 0.305 e. The zero-order valence-electron chi connectivity index (χ0n) is 25.4. The molecule has 5 nitrogen and oxygen atoms in total. The quantitative estimate of drug-likeness (QED) is 0.0610. The van der Waals surface area contributed by atoms with Crippen molar-refractivity contribution in [2.75, 3.05) is 19.8 Å². The molecule has 0 spiro atoms. The van der Waals surface area contributed by atoms with Gasteiger partial charge in [0.15, 0.2) is 0 Å². The van der Waals surface area contributed by atoms with Crippen LogP contribution in [0.2, 0.25) is 0 Å². The Labute approximate surface area is 235 Å². The molecule has 0 aliphatic rings. The van der Waals surface area contributed by atoms with Crippen LogP contribution in [-0.2, 0) is 19.1 Å². The summed E-state index contributed by atoms with van der Waals surface area (Å²) in [6.45, 7) is 6.39. The fourth-order valence-electron chi connectivity index (χ4n) is 4.45. The first-order chi connectivity index (χ1) is 18.5. The molecule has 0 aromatic rings. The fraction of sp³-hybridized carbons (Fsp3) is 0.879. The van der Waals surface area contributed by atoms with Crippen LogP contribution < -0.4 is 0 Å². The summed E-state index contributed by atoms with van der Waals surface area (Å²) in [5.74, 6) is -0.460. The molecule has 0 saturated carbocycles. The Morgan fingerprint density at radius 2 is 0.947 bits per heavy atom. The number of hydrogen-bond donors (Lipinski definition) is 1. The van der Waals surface area contributed by atoms with Gasteiger partial charge in [-0.25, -0.2) is 0 Å². The summed E-state index contributed by atoms with van der Waals surface area (Å²) < 4.78 is 10.9. The summed E-state index contributed by atoms with van der Waals surface area (Å²) in [4.78, 5) is 24.3. The van der Waals surface area contributed by atoms with Crippen molar-refractivity contribution >= 4 is 11.9 Å². The van der Waals surface area contributed by atoms with E-state index < -0.39 is 5.41 Å². The van der Waals surface area contributed by atoms with Crippen LogP contribution in [0.1, 0.15) is 162 Å². The van der Waals surface area contributed by atoms with Crippen LogP contribution >= 0.6 is 0 Å². The van der Waals surface area contributed by atoms with Crippen molar-refractivity contribution in [1.29, 1.82) is 0 Å². The first kappa shape index (κ1) is 36.6. The van der Waals surface area contributed by atoms with Crippen LogP contribution in [0.25, 0.3) is 0 Å². The highest BCUT2D eigenvalue weighted by atomic mass is 16.5. The Balaban J connectivity index is 3.83. The average Bonchev–Trinajstić information content (AvgIpc) is 2.93. The maximum Gasteiger partial charge on any atom is 0.305 e. The summed E-state index contributed by atoms with van der Waals surface area (Å²) in [6, 6.07) is 0. The third kappa shape index (κ3) is 22.6. The van der Waals surface area contributed by atoms with Crippen LogP contribution in [0.4, 0.5) is 0 Å². The predicted octanol–water partition coefficient (Wildman–Crippen LogP) is 9.25. The van der Waals surface area contributed by atoms with Crippen LogP contribution in [0.3, 0.4) is 0 Å². The molecule has 0 aliphatic heterocycles. The second-order valence-corrected chi connectivity index (χ2v) is 11.2. The largest absolute Gasteiger partial charge is 0.465 e. The summed E-state index contributed by atoms with van der Waals surface area (Å²) in [5, 5.41) is 9.93. The SMILES string of the molecule is CCCCCCCCC=CCCCCCCCC(=O)OCC(CC)(CO)COC(=O)CCCCCCCC. The lowest BCUT2D eigenvalue weighted by Crippen LogP contribution is -2.37. The van der Waals surface area contributed by atoms with Gasteiger partial charge in [-0.3, -0.25) is 9.59 Å². The van der Waals surface area contributed by atoms with Crippen molar-refractivity contribution < 1.29 is 24.2 Å². The summed E-state index contributed by atoms with van der Waals surface area (Å²) in [5.41, 5.74) is -0.713. The molecule has 0 aromatic heterocycles. The lowest BCUT2D eigenvalue weighted by atomic mass is 9.88. The number of hydrogen-bond acceptors (Lipinski definition) is 5. The molecule has 0 heterocycles. The van der Waals surface area contributed by atoms with Gasteiger partial charge in [0, 0.05) is 12.8 Å². The Hall–Kier alpha value is -1.36. The number of carbonyl (C=O) groups excluding carboxylic acids is 2. The van der Waals surface area contributed by atoms with E-state index in [1.54, 1.807) is 0 Å². The molecule has 224 valence electrons. The van der Waals surface area contributed by atoms with Crippen LogP contribution in [-0.4, -0.2) is 36.9 Å². The Morgan fingerprint density at radius 1 is 0.579 bits per heavy atom. The molecule has 0 bridgehead atoms. The molecule has 38 heavy (non-hydrogen) atoms. The van der Waals surface area contributed by atoms with Crippen molar-refractivity contribution in [2.45, 2.75) is 162 Å². The minimum Gasteiger partial charge on any atom is -0.465 e.